The van der Waals surface area contributed by atoms with Crippen LogP contribution in [0.1, 0.15) is 54.0 Å². The summed E-state index contributed by atoms with van der Waals surface area (Å²) in [5.74, 6) is 3.28. The number of benzene rings is 4. The van der Waals surface area contributed by atoms with Gasteiger partial charge in [-0.05, 0) is 79.8 Å². The fourth-order valence-corrected chi connectivity index (χ4v) is 5.62. The normalized spacial score (nSPS) is 17.3. The van der Waals surface area contributed by atoms with Crippen LogP contribution in [0.3, 0.4) is 0 Å². The molecule has 1 fully saturated rings. The van der Waals surface area contributed by atoms with E-state index in [0.29, 0.717) is 18.0 Å². The van der Waals surface area contributed by atoms with Gasteiger partial charge in [0.05, 0.1) is 5.69 Å². The number of oxazole rings is 1. The maximum absolute atomic E-state index is 5.98. The number of ether oxygens (including phenoxy) is 1. The molecule has 4 aromatic carbocycles. The van der Waals surface area contributed by atoms with Crippen molar-refractivity contribution in [1.82, 2.24) is 9.88 Å². The van der Waals surface area contributed by atoms with Crippen LogP contribution in [0.15, 0.2) is 120 Å². The third-order valence-corrected chi connectivity index (χ3v) is 7.95. The van der Waals surface area contributed by atoms with Crippen LogP contribution in [0.4, 0.5) is 0 Å². The predicted octanol–water partition coefficient (Wildman–Crippen LogP) is 9.42. The Morgan fingerprint density at radius 3 is 2.24 bits per heavy atom. The third-order valence-electron chi connectivity index (χ3n) is 7.95. The van der Waals surface area contributed by atoms with Crippen LogP contribution in [0.5, 0.6) is 11.5 Å². The van der Waals surface area contributed by atoms with E-state index in [2.05, 4.69) is 72.5 Å². The smallest absolute Gasteiger partial charge is 0.226 e. The fraction of sp³-hybridized carbons (Fsp3) is 0.216. The highest BCUT2D eigenvalue weighted by Crippen LogP contribution is 2.37. The van der Waals surface area contributed by atoms with E-state index in [9.17, 15) is 0 Å². The molecular formula is C37H36N2O2. The molecule has 4 heteroatoms. The minimum Gasteiger partial charge on any atom is -0.457 e. The highest BCUT2D eigenvalue weighted by molar-refractivity contribution is 5.54. The number of hydrogen-bond donors (Lipinski definition) is 0. The van der Waals surface area contributed by atoms with Crippen molar-refractivity contribution in [1.29, 1.82) is 0 Å². The van der Waals surface area contributed by atoms with Gasteiger partial charge < -0.3 is 9.15 Å². The summed E-state index contributed by atoms with van der Waals surface area (Å²) in [6, 6.07) is 38.5. The first-order chi connectivity index (χ1) is 20.1. The van der Waals surface area contributed by atoms with Gasteiger partial charge in [0.15, 0.2) is 0 Å². The van der Waals surface area contributed by atoms with Crippen molar-refractivity contribution in [2.45, 2.75) is 51.7 Å². The summed E-state index contributed by atoms with van der Waals surface area (Å²) in [5.41, 5.74) is 5.88. The van der Waals surface area contributed by atoms with E-state index in [1.165, 1.54) is 29.5 Å². The van der Waals surface area contributed by atoms with E-state index in [0.717, 1.165) is 41.5 Å². The number of hydrogen-bond acceptors (Lipinski definition) is 4. The first-order valence-electron chi connectivity index (χ1n) is 14.5. The van der Waals surface area contributed by atoms with Crippen LogP contribution in [0.2, 0.25) is 0 Å². The number of likely N-dealkylation sites (tertiary alicyclic amines) is 1. The highest BCUT2D eigenvalue weighted by atomic mass is 16.5. The zero-order valence-electron chi connectivity index (χ0n) is 23.7. The van der Waals surface area contributed by atoms with Gasteiger partial charge in [-0.25, -0.2) is 4.98 Å². The van der Waals surface area contributed by atoms with Crippen molar-refractivity contribution in [3.63, 3.8) is 0 Å². The molecule has 6 rings (SSSR count). The lowest BCUT2D eigenvalue weighted by Crippen LogP contribution is -2.29. The van der Waals surface area contributed by atoms with Crippen LogP contribution in [-0.4, -0.2) is 15.9 Å². The van der Waals surface area contributed by atoms with Gasteiger partial charge in [0, 0.05) is 30.6 Å². The van der Waals surface area contributed by atoms with Crippen LogP contribution < -0.4 is 4.74 Å². The van der Waals surface area contributed by atoms with Gasteiger partial charge in [-0.1, -0.05) is 84.9 Å². The average Bonchev–Trinajstić information content (AvgIpc) is 3.57. The van der Waals surface area contributed by atoms with Crippen LogP contribution in [0.25, 0.3) is 17.5 Å². The van der Waals surface area contributed by atoms with Crippen LogP contribution in [0, 0.1) is 6.92 Å². The van der Waals surface area contributed by atoms with Crippen molar-refractivity contribution in [2.75, 3.05) is 0 Å². The van der Waals surface area contributed by atoms with E-state index < -0.39 is 0 Å². The Hall–Kier alpha value is -4.41. The Morgan fingerprint density at radius 1 is 0.829 bits per heavy atom. The molecule has 0 N–H and O–H groups in total. The highest BCUT2D eigenvalue weighted by Gasteiger charge is 2.31. The largest absolute Gasteiger partial charge is 0.457 e. The summed E-state index contributed by atoms with van der Waals surface area (Å²) in [7, 11) is 0. The summed E-state index contributed by atoms with van der Waals surface area (Å²) in [5, 5.41) is 0. The lowest BCUT2D eigenvalue weighted by molar-refractivity contribution is 0.195. The lowest BCUT2D eigenvalue weighted by atomic mass is 10.0. The Balaban J connectivity index is 1.07. The van der Waals surface area contributed by atoms with Gasteiger partial charge >= 0.3 is 0 Å². The van der Waals surface area contributed by atoms with Gasteiger partial charge in [0.25, 0.3) is 0 Å². The van der Waals surface area contributed by atoms with Gasteiger partial charge in [0.2, 0.25) is 5.89 Å². The Bertz CT molecular complexity index is 1570. The molecule has 5 aromatic rings. The van der Waals surface area contributed by atoms with Gasteiger partial charge in [-0.15, -0.1) is 0 Å². The molecule has 2 atom stereocenters. The molecule has 0 amide bonds. The second-order valence-corrected chi connectivity index (χ2v) is 10.8. The van der Waals surface area contributed by atoms with Gasteiger partial charge in [0.1, 0.15) is 17.3 Å². The SMILES string of the molecule is Cc1oc(-c2ccccc2)nc1C/C=C/c1ccc([C@@H]2CC[C@@H](C)N2Cc2ccc(Oc3ccccc3)cc2)cc1. The first-order valence-corrected chi connectivity index (χ1v) is 14.5. The topological polar surface area (TPSA) is 38.5 Å². The van der Waals surface area contributed by atoms with Crippen molar-refractivity contribution in [2.24, 2.45) is 0 Å². The predicted molar refractivity (Wildman–Crippen MR) is 166 cm³/mol. The number of allylic oxidation sites excluding steroid dienone is 1. The Morgan fingerprint density at radius 2 is 1.51 bits per heavy atom. The number of nitrogens with zero attached hydrogens (tertiary/aromatic N) is 2. The van der Waals surface area contributed by atoms with E-state index in [1.54, 1.807) is 0 Å². The lowest BCUT2D eigenvalue weighted by Gasteiger charge is -2.29. The molecule has 0 bridgehead atoms. The molecule has 0 aliphatic carbocycles. The molecule has 1 aliphatic rings. The molecular weight excluding hydrogens is 504 g/mol. The molecule has 41 heavy (non-hydrogen) atoms. The quantitative estimate of drug-likeness (QED) is 0.187. The molecule has 206 valence electrons. The molecule has 4 nitrogen and oxygen atoms in total. The zero-order chi connectivity index (χ0) is 28.0. The molecule has 0 saturated carbocycles. The van der Waals surface area contributed by atoms with Crippen LogP contribution in [-0.2, 0) is 13.0 Å². The van der Waals surface area contributed by atoms with Gasteiger partial charge in [-0.3, -0.25) is 4.90 Å². The van der Waals surface area contributed by atoms with E-state index >= 15 is 0 Å². The number of aryl methyl sites for hydroxylation is 1. The number of para-hydroxylation sites is 1. The fourth-order valence-electron chi connectivity index (χ4n) is 5.62. The summed E-state index contributed by atoms with van der Waals surface area (Å²) in [6.45, 7) is 5.26. The molecule has 2 heterocycles. The maximum atomic E-state index is 5.98. The average molecular weight is 541 g/mol. The van der Waals surface area contributed by atoms with Gasteiger partial charge in [-0.2, -0.15) is 0 Å². The maximum Gasteiger partial charge on any atom is 0.226 e. The number of aromatic nitrogens is 1. The second-order valence-electron chi connectivity index (χ2n) is 10.8. The number of rotatable bonds is 9. The summed E-state index contributed by atoms with van der Waals surface area (Å²) in [6.07, 6.45) is 7.48. The minimum atomic E-state index is 0.428. The summed E-state index contributed by atoms with van der Waals surface area (Å²) >= 11 is 0. The Labute approximate surface area is 243 Å². The van der Waals surface area contributed by atoms with E-state index in [4.69, 9.17) is 14.1 Å². The third kappa shape index (κ3) is 6.50. The standard InChI is InChI=1S/C37H36N2O2/c1-27-16-25-36(39(27)26-30-19-23-34(24-20-30)41-33-13-7-4-8-14-33)31-21-17-29(18-22-31)10-9-15-35-28(2)40-37(38-35)32-11-5-3-6-12-32/h3-14,17-24,27,36H,15-16,25-26H2,1-2H3/b10-9+/t27-,36+/m1/s1. The molecule has 1 aliphatic heterocycles. The zero-order valence-corrected chi connectivity index (χ0v) is 23.7. The van der Waals surface area contributed by atoms with Crippen molar-refractivity contribution >= 4 is 6.08 Å². The van der Waals surface area contributed by atoms with E-state index in [1.807, 2.05) is 67.6 Å². The molecule has 0 spiro atoms. The summed E-state index contributed by atoms with van der Waals surface area (Å²) < 4.78 is 11.9. The van der Waals surface area contributed by atoms with Crippen molar-refractivity contribution in [3.05, 3.63) is 143 Å². The molecule has 0 radical (unpaired) electrons. The van der Waals surface area contributed by atoms with Crippen LogP contribution >= 0.6 is 0 Å². The molecule has 1 saturated heterocycles. The monoisotopic (exact) mass is 540 g/mol. The second kappa shape index (κ2) is 12.4. The molecule has 0 unspecified atom stereocenters. The van der Waals surface area contributed by atoms with Crippen molar-refractivity contribution in [3.8, 4) is 23.0 Å². The van der Waals surface area contributed by atoms with E-state index in [-0.39, 0.29) is 0 Å². The van der Waals surface area contributed by atoms with Crippen molar-refractivity contribution < 1.29 is 9.15 Å². The minimum absolute atomic E-state index is 0.428. The molecule has 1 aromatic heterocycles. The first kappa shape index (κ1) is 26.8. The summed E-state index contributed by atoms with van der Waals surface area (Å²) in [4.78, 5) is 7.35. The Kier molecular flexibility index (Phi) is 8.11.